The smallest absolute Gasteiger partial charge is 0.256 e. The van der Waals surface area contributed by atoms with Gasteiger partial charge in [-0.15, -0.1) is 0 Å². The number of piperazine rings is 1. The molecule has 0 aliphatic carbocycles. The number of carbonyl (C=O) groups is 1. The zero-order valence-corrected chi connectivity index (χ0v) is 18.0. The summed E-state index contributed by atoms with van der Waals surface area (Å²) >= 11 is 1.60. The van der Waals surface area contributed by atoms with E-state index in [1.54, 1.807) is 24.3 Å². The Kier molecular flexibility index (Phi) is 5.94. The van der Waals surface area contributed by atoms with Crippen LogP contribution in [0.4, 0.5) is 5.82 Å². The quantitative estimate of drug-likeness (QED) is 0.460. The summed E-state index contributed by atoms with van der Waals surface area (Å²) in [5.74, 6) is 0.926. The third kappa shape index (κ3) is 4.00. The molecule has 3 aromatic rings. The van der Waals surface area contributed by atoms with E-state index >= 15 is 0 Å². The molecule has 0 unspecified atom stereocenters. The van der Waals surface area contributed by atoms with E-state index in [-0.39, 0.29) is 5.91 Å². The van der Waals surface area contributed by atoms with E-state index in [0.29, 0.717) is 18.7 Å². The second kappa shape index (κ2) is 8.79. The number of fused-ring (bicyclic) bond motifs is 1. The van der Waals surface area contributed by atoms with Crippen molar-refractivity contribution in [2.75, 3.05) is 31.1 Å². The molecule has 1 saturated heterocycles. The summed E-state index contributed by atoms with van der Waals surface area (Å²) < 4.78 is 0. The van der Waals surface area contributed by atoms with Gasteiger partial charge in [-0.25, -0.2) is 9.97 Å². The van der Waals surface area contributed by atoms with Crippen molar-refractivity contribution < 1.29 is 4.79 Å². The summed E-state index contributed by atoms with van der Waals surface area (Å²) in [5.41, 5.74) is 2.39. The summed E-state index contributed by atoms with van der Waals surface area (Å²) in [5, 5.41) is 9.90. The monoisotopic (exact) mass is 420 g/mol. The van der Waals surface area contributed by atoms with E-state index in [0.717, 1.165) is 51.7 Å². The number of anilines is 1. The van der Waals surface area contributed by atoms with Gasteiger partial charge in [0.05, 0.1) is 17.3 Å². The summed E-state index contributed by atoms with van der Waals surface area (Å²) in [4.78, 5) is 27.3. The predicted octanol–water partition coefficient (Wildman–Crippen LogP) is 3.71. The van der Waals surface area contributed by atoms with Gasteiger partial charge >= 0.3 is 0 Å². The number of rotatable bonds is 5. The molecule has 0 saturated carbocycles. The van der Waals surface area contributed by atoms with Crippen LogP contribution in [0.2, 0.25) is 0 Å². The number of hydrogen-bond acceptors (Lipinski definition) is 7. The Hall–Kier alpha value is -3.00. The van der Waals surface area contributed by atoms with Crippen LogP contribution in [0.5, 0.6) is 0 Å². The van der Waals surface area contributed by atoms with Gasteiger partial charge in [-0.1, -0.05) is 43.5 Å². The van der Waals surface area contributed by atoms with Crippen molar-refractivity contribution in [3.8, 4) is 0 Å². The summed E-state index contributed by atoms with van der Waals surface area (Å²) in [6, 6.07) is 7.61. The van der Waals surface area contributed by atoms with Crippen LogP contribution in [-0.4, -0.2) is 57.2 Å². The Morgan fingerprint density at radius 3 is 2.70 bits per heavy atom. The Labute approximate surface area is 180 Å². The van der Waals surface area contributed by atoms with Crippen molar-refractivity contribution in [2.45, 2.75) is 25.3 Å². The molecule has 0 atom stereocenters. The molecule has 1 aromatic carbocycles. The van der Waals surface area contributed by atoms with Crippen molar-refractivity contribution in [3.63, 3.8) is 0 Å². The molecule has 0 radical (unpaired) electrons. The molecule has 0 N–H and O–H groups in total. The van der Waals surface area contributed by atoms with Gasteiger partial charge in [0.1, 0.15) is 17.2 Å². The second-order valence-corrected chi connectivity index (χ2v) is 8.34. The van der Waals surface area contributed by atoms with E-state index in [1.807, 2.05) is 36.1 Å². The fraction of sp³-hybridized carbons (Fsp3) is 0.318. The van der Waals surface area contributed by atoms with E-state index in [4.69, 9.17) is 0 Å². The van der Waals surface area contributed by atoms with Crippen LogP contribution >= 0.6 is 11.8 Å². The average Bonchev–Trinajstić information content (AvgIpc) is 2.79. The Balaban J connectivity index is 1.48. The highest BCUT2D eigenvalue weighted by Gasteiger charge is 2.25. The fourth-order valence-corrected chi connectivity index (χ4v) is 4.29. The first-order valence-electron chi connectivity index (χ1n) is 10.0. The molecule has 0 bridgehead atoms. The molecule has 8 heteroatoms. The lowest BCUT2D eigenvalue weighted by Gasteiger charge is -2.36. The number of nitrogens with zero attached hydrogens (tertiary/aromatic N) is 6. The highest BCUT2D eigenvalue weighted by atomic mass is 32.2. The Morgan fingerprint density at radius 2 is 1.93 bits per heavy atom. The van der Waals surface area contributed by atoms with Gasteiger partial charge in [0, 0.05) is 37.1 Å². The van der Waals surface area contributed by atoms with Gasteiger partial charge in [-0.3, -0.25) is 4.79 Å². The van der Waals surface area contributed by atoms with Crippen molar-refractivity contribution in [3.05, 3.63) is 59.4 Å². The Morgan fingerprint density at radius 1 is 1.17 bits per heavy atom. The minimum Gasteiger partial charge on any atom is -0.353 e. The summed E-state index contributed by atoms with van der Waals surface area (Å²) in [7, 11) is 0. The highest BCUT2D eigenvalue weighted by Crippen LogP contribution is 2.32. The molecule has 1 amide bonds. The standard InChI is InChI=1S/C22H24N6OS/c1-4-15(2)30-21-16(3)20(23-14-24-21)27-9-11-28(12-10-27)22(29)18-13-25-26-19-8-6-5-7-17(18)19/h5-8,13-14H,2,4,9-12H2,1,3H3. The number of amides is 1. The zero-order valence-electron chi connectivity index (χ0n) is 17.2. The van der Waals surface area contributed by atoms with Crippen LogP contribution in [0, 0.1) is 6.92 Å². The third-order valence-corrected chi connectivity index (χ3v) is 6.47. The molecule has 30 heavy (non-hydrogen) atoms. The normalized spacial score (nSPS) is 14.2. The van der Waals surface area contributed by atoms with Gasteiger partial charge in [0.25, 0.3) is 5.91 Å². The third-order valence-electron chi connectivity index (χ3n) is 5.29. The lowest BCUT2D eigenvalue weighted by atomic mass is 10.1. The first-order chi connectivity index (χ1) is 14.6. The molecule has 1 aliphatic rings. The number of aromatic nitrogens is 4. The van der Waals surface area contributed by atoms with Gasteiger partial charge < -0.3 is 9.80 Å². The molecule has 4 rings (SSSR count). The van der Waals surface area contributed by atoms with Gasteiger partial charge in [-0.2, -0.15) is 10.2 Å². The Bertz CT molecular complexity index is 1090. The van der Waals surface area contributed by atoms with Crippen molar-refractivity contribution in [1.29, 1.82) is 0 Å². The minimum atomic E-state index is -0.00403. The van der Waals surface area contributed by atoms with Crippen LogP contribution in [-0.2, 0) is 0 Å². The summed E-state index contributed by atoms with van der Waals surface area (Å²) in [6.45, 7) is 10.9. The topological polar surface area (TPSA) is 75.1 Å². The first kappa shape index (κ1) is 20.3. The number of carbonyl (C=O) groups excluding carboxylic acids is 1. The fourth-order valence-electron chi connectivity index (χ4n) is 3.52. The lowest BCUT2D eigenvalue weighted by molar-refractivity contribution is 0.0748. The van der Waals surface area contributed by atoms with Gasteiger partial charge in [0.15, 0.2) is 0 Å². The van der Waals surface area contributed by atoms with E-state index in [2.05, 4.69) is 38.6 Å². The number of hydrogen-bond donors (Lipinski definition) is 0. The molecular weight excluding hydrogens is 396 g/mol. The van der Waals surface area contributed by atoms with Crippen LogP contribution in [0.3, 0.4) is 0 Å². The summed E-state index contributed by atoms with van der Waals surface area (Å²) in [6.07, 6.45) is 4.08. The molecule has 0 spiro atoms. The minimum absolute atomic E-state index is 0.00403. The zero-order chi connectivity index (χ0) is 21.1. The average molecular weight is 421 g/mol. The molecule has 3 heterocycles. The van der Waals surface area contributed by atoms with Gasteiger partial charge in [-0.05, 0) is 24.3 Å². The molecule has 154 valence electrons. The van der Waals surface area contributed by atoms with Crippen LogP contribution in [0.25, 0.3) is 10.9 Å². The molecule has 7 nitrogen and oxygen atoms in total. The maximum atomic E-state index is 13.1. The van der Waals surface area contributed by atoms with Crippen molar-refractivity contribution in [1.82, 2.24) is 25.1 Å². The molecular formula is C22H24N6OS. The number of benzene rings is 1. The molecule has 2 aromatic heterocycles. The predicted molar refractivity (Wildman–Crippen MR) is 120 cm³/mol. The van der Waals surface area contributed by atoms with Crippen LogP contribution < -0.4 is 4.90 Å². The molecule has 1 aliphatic heterocycles. The van der Waals surface area contributed by atoms with E-state index < -0.39 is 0 Å². The maximum Gasteiger partial charge on any atom is 0.256 e. The first-order valence-corrected chi connectivity index (χ1v) is 10.8. The van der Waals surface area contributed by atoms with Crippen LogP contribution in [0.15, 0.2) is 53.3 Å². The van der Waals surface area contributed by atoms with E-state index in [9.17, 15) is 4.79 Å². The van der Waals surface area contributed by atoms with Crippen LogP contribution in [0.1, 0.15) is 29.3 Å². The lowest BCUT2D eigenvalue weighted by Crippen LogP contribution is -2.49. The number of allylic oxidation sites excluding steroid dienone is 1. The molecule has 1 fully saturated rings. The van der Waals surface area contributed by atoms with E-state index in [1.165, 1.54) is 0 Å². The van der Waals surface area contributed by atoms with Crippen molar-refractivity contribution >= 4 is 34.4 Å². The largest absolute Gasteiger partial charge is 0.353 e. The maximum absolute atomic E-state index is 13.1. The highest BCUT2D eigenvalue weighted by molar-refractivity contribution is 8.03. The van der Waals surface area contributed by atoms with Crippen molar-refractivity contribution in [2.24, 2.45) is 0 Å². The second-order valence-electron chi connectivity index (χ2n) is 7.18. The SMILES string of the molecule is C=C(CC)Sc1ncnc(N2CCN(C(=O)c3cnnc4ccccc34)CC2)c1C. The number of thioether (sulfide) groups is 1. The van der Waals surface area contributed by atoms with Gasteiger partial charge in [0.2, 0.25) is 0 Å².